The van der Waals surface area contributed by atoms with Gasteiger partial charge in [-0.3, -0.25) is 0 Å². The molecular weight excluding hydrogens is 283 g/mol. The molecule has 6 heteroatoms. The van der Waals surface area contributed by atoms with Crippen LogP contribution in [0.4, 0.5) is 4.39 Å². The summed E-state index contributed by atoms with van der Waals surface area (Å²) in [5.74, 6) is 0.335. The zero-order valence-electron chi connectivity index (χ0n) is 10.7. The first-order chi connectivity index (χ1) is 9.74. The van der Waals surface area contributed by atoms with Crippen molar-refractivity contribution in [2.75, 3.05) is 13.1 Å². The average molecular weight is 297 g/mol. The number of aromatic nitrogens is 1. The molecule has 20 heavy (non-hydrogen) atoms. The lowest BCUT2D eigenvalue weighted by molar-refractivity contribution is 0.109. The van der Waals surface area contributed by atoms with E-state index in [0.29, 0.717) is 10.9 Å². The van der Waals surface area contributed by atoms with E-state index < -0.39 is 11.9 Å². The van der Waals surface area contributed by atoms with E-state index in [-0.39, 0.29) is 11.7 Å². The van der Waals surface area contributed by atoms with Gasteiger partial charge in [-0.15, -0.1) is 0 Å². The monoisotopic (exact) mass is 296 g/mol. The summed E-state index contributed by atoms with van der Waals surface area (Å²) < 4.78 is 25.0. The fourth-order valence-electron chi connectivity index (χ4n) is 2.37. The van der Waals surface area contributed by atoms with Crippen LogP contribution in [0.2, 0.25) is 5.02 Å². The Hall–Kier alpha value is -1.59. The van der Waals surface area contributed by atoms with E-state index in [1.165, 1.54) is 18.4 Å². The van der Waals surface area contributed by atoms with Gasteiger partial charge in [0.1, 0.15) is 6.26 Å². The number of nitrogens with zero attached hydrogens (tertiary/aromatic N) is 1. The van der Waals surface area contributed by atoms with E-state index in [1.54, 1.807) is 12.3 Å². The molecule has 1 fully saturated rings. The Morgan fingerprint density at radius 1 is 1.50 bits per heavy atom. The van der Waals surface area contributed by atoms with E-state index in [9.17, 15) is 4.39 Å². The van der Waals surface area contributed by atoms with Crippen LogP contribution in [0.15, 0.2) is 35.1 Å². The number of rotatable bonds is 4. The molecule has 0 saturated carbocycles. The van der Waals surface area contributed by atoms with Gasteiger partial charge in [0.15, 0.2) is 17.7 Å². The first-order valence-electron chi connectivity index (χ1n) is 6.46. The molecule has 0 unspecified atom stereocenters. The third-order valence-electron chi connectivity index (χ3n) is 3.37. The summed E-state index contributed by atoms with van der Waals surface area (Å²) in [6.45, 7) is 1.70. The molecule has 4 nitrogen and oxygen atoms in total. The highest BCUT2D eigenvalue weighted by molar-refractivity contribution is 6.30. The molecule has 0 bridgehead atoms. The molecule has 0 radical (unpaired) electrons. The van der Waals surface area contributed by atoms with Crippen molar-refractivity contribution >= 4 is 11.6 Å². The van der Waals surface area contributed by atoms with Crippen LogP contribution in [-0.2, 0) is 0 Å². The van der Waals surface area contributed by atoms with E-state index in [1.807, 2.05) is 0 Å². The molecule has 106 valence electrons. The zero-order valence-corrected chi connectivity index (χ0v) is 11.4. The number of benzene rings is 1. The minimum absolute atomic E-state index is 0.157. The summed E-state index contributed by atoms with van der Waals surface area (Å²) in [7, 11) is 0. The van der Waals surface area contributed by atoms with Gasteiger partial charge in [-0.2, -0.15) is 0 Å². The second-order valence-corrected chi connectivity index (χ2v) is 5.17. The lowest BCUT2D eigenvalue weighted by Crippen LogP contribution is -2.22. The van der Waals surface area contributed by atoms with Gasteiger partial charge in [-0.1, -0.05) is 11.6 Å². The molecule has 3 rings (SSSR count). The molecule has 1 aromatic heterocycles. The minimum atomic E-state index is -0.486. The van der Waals surface area contributed by atoms with Crippen molar-refractivity contribution in [3.8, 4) is 5.75 Å². The van der Waals surface area contributed by atoms with Crippen molar-refractivity contribution in [1.29, 1.82) is 0 Å². The summed E-state index contributed by atoms with van der Waals surface area (Å²) in [5.41, 5.74) is 0. The Balaban J connectivity index is 1.86. The van der Waals surface area contributed by atoms with Crippen molar-refractivity contribution in [3.05, 3.63) is 47.4 Å². The molecule has 0 amide bonds. The van der Waals surface area contributed by atoms with Gasteiger partial charge in [0.05, 0.1) is 6.20 Å². The zero-order chi connectivity index (χ0) is 13.9. The molecule has 2 aromatic rings. The van der Waals surface area contributed by atoms with Crippen LogP contribution in [0.25, 0.3) is 0 Å². The molecule has 1 aliphatic heterocycles. The minimum Gasteiger partial charge on any atom is -0.477 e. The number of hydrogen-bond acceptors (Lipinski definition) is 4. The predicted molar refractivity (Wildman–Crippen MR) is 72.3 cm³/mol. The summed E-state index contributed by atoms with van der Waals surface area (Å²) in [6, 6.07) is 4.35. The maximum absolute atomic E-state index is 13.9. The van der Waals surface area contributed by atoms with Crippen molar-refractivity contribution < 1.29 is 13.5 Å². The number of ether oxygens (including phenoxy) is 1. The van der Waals surface area contributed by atoms with Gasteiger partial charge in [0.2, 0.25) is 5.89 Å². The first-order valence-corrected chi connectivity index (χ1v) is 6.83. The first kappa shape index (κ1) is 13.4. The predicted octanol–water partition coefficient (Wildman–Crippen LogP) is 3.20. The average Bonchev–Trinajstić information content (AvgIpc) is 3.11. The van der Waals surface area contributed by atoms with Gasteiger partial charge in [0.25, 0.3) is 0 Å². The molecule has 1 aliphatic rings. The third kappa shape index (κ3) is 2.78. The third-order valence-corrected chi connectivity index (χ3v) is 3.60. The fourth-order valence-corrected chi connectivity index (χ4v) is 2.53. The number of hydrogen-bond donors (Lipinski definition) is 1. The van der Waals surface area contributed by atoms with Crippen LogP contribution in [0.3, 0.4) is 0 Å². The van der Waals surface area contributed by atoms with Crippen LogP contribution >= 0.6 is 11.6 Å². The highest BCUT2D eigenvalue weighted by atomic mass is 35.5. The number of halogens is 2. The lowest BCUT2D eigenvalue weighted by atomic mass is 10.0. The Bertz CT molecular complexity index is 571. The fraction of sp³-hybridized carbons (Fsp3) is 0.357. The van der Waals surface area contributed by atoms with E-state index in [4.69, 9.17) is 20.8 Å². The normalized spacial score (nSPS) is 20.0. The molecule has 1 saturated heterocycles. The lowest BCUT2D eigenvalue weighted by Gasteiger charge is -2.21. The Labute approximate surface area is 120 Å². The van der Waals surface area contributed by atoms with Crippen molar-refractivity contribution in [2.24, 2.45) is 5.92 Å². The number of oxazole rings is 1. The SMILES string of the molecule is Fc1cc(Cl)ccc1O[C@@H](c1ncco1)[C@H]1CCNC1. The molecule has 2 heterocycles. The van der Waals surface area contributed by atoms with Crippen LogP contribution in [0, 0.1) is 11.7 Å². The summed E-state index contributed by atoms with van der Waals surface area (Å²) in [5, 5.41) is 3.60. The van der Waals surface area contributed by atoms with Gasteiger partial charge in [0, 0.05) is 17.5 Å². The highest BCUT2D eigenvalue weighted by Crippen LogP contribution is 2.33. The standard InChI is InChI=1S/C14H14ClFN2O2/c15-10-1-2-12(11(16)7-10)20-13(9-3-4-17-8-9)14-18-5-6-19-14/h1-2,5-7,9,13,17H,3-4,8H2/t9-,13+/m0/s1. The summed E-state index contributed by atoms with van der Waals surface area (Å²) >= 11 is 5.74. The van der Waals surface area contributed by atoms with Crippen molar-refractivity contribution in [2.45, 2.75) is 12.5 Å². The van der Waals surface area contributed by atoms with E-state index >= 15 is 0 Å². The largest absolute Gasteiger partial charge is 0.477 e. The highest BCUT2D eigenvalue weighted by Gasteiger charge is 2.31. The molecule has 1 N–H and O–H groups in total. The van der Waals surface area contributed by atoms with Crippen LogP contribution in [0.1, 0.15) is 18.4 Å². The van der Waals surface area contributed by atoms with Gasteiger partial charge >= 0.3 is 0 Å². The molecule has 1 aromatic carbocycles. The molecular formula is C14H14ClFN2O2. The summed E-state index contributed by atoms with van der Waals surface area (Å²) in [6.07, 6.45) is 3.58. The quantitative estimate of drug-likeness (QED) is 0.941. The molecule has 0 spiro atoms. The second kappa shape index (κ2) is 5.81. The van der Waals surface area contributed by atoms with Crippen molar-refractivity contribution in [3.63, 3.8) is 0 Å². The Morgan fingerprint density at radius 2 is 2.40 bits per heavy atom. The van der Waals surface area contributed by atoms with Crippen molar-refractivity contribution in [1.82, 2.24) is 10.3 Å². The van der Waals surface area contributed by atoms with E-state index in [2.05, 4.69) is 10.3 Å². The number of nitrogens with one attached hydrogen (secondary N) is 1. The maximum Gasteiger partial charge on any atom is 0.235 e. The smallest absolute Gasteiger partial charge is 0.235 e. The van der Waals surface area contributed by atoms with Crippen LogP contribution in [-0.4, -0.2) is 18.1 Å². The molecule has 2 atom stereocenters. The van der Waals surface area contributed by atoms with Gasteiger partial charge < -0.3 is 14.5 Å². The topological polar surface area (TPSA) is 47.3 Å². The Kier molecular flexibility index (Phi) is 3.89. The van der Waals surface area contributed by atoms with Gasteiger partial charge in [-0.05, 0) is 31.2 Å². The second-order valence-electron chi connectivity index (χ2n) is 4.74. The van der Waals surface area contributed by atoms with E-state index in [0.717, 1.165) is 19.5 Å². The molecule has 0 aliphatic carbocycles. The maximum atomic E-state index is 13.9. The summed E-state index contributed by atoms with van der Waals surface area (Å²) in [4.78, 5) is 4.14. The van der Waals surface area contributed by atoms with Gasteiger partial charge in [-0.25, -0.2) is 9.37 Å². The Morgan fingerprint density at radius 3 is 3.05 bits per heavy atom. The van der Waals surface area contributed by atoms with Crippen LogP contribution < -0.4 is 10.1 Å². The van der Waals surface area contributed by atoms with Crippen LogP contribution in [0.5, 0.6) is 5.75 Å².